The van der Waals surface area contributed by atoms with Crippen LogP contribution in [0.4, 0.5) is 0 Å². The van der Waals surface area contributed by atoms with Crippen LogP contribution in [-0.4, -0.2) is 18.5 Å². The molecule has 0 bridgehead atoms. The first-order valence-corrected chi connectivity index (χ1v) is 7.61. The fourth-order valence-corrected chi connectivity index (χ4v) is 2.10. The van der Waals surface area contributed by atoms with Crippen LogP contribution in [0.25, 0.3) is 0 Å². The van der Waals surface area contributed by atoms with Gasteiger partial charge in [-0.15, -0.1) is 0 Å². The van der Waals surface area contributed by atoms with Crippen LogP contribution in [0.2, 0.25) is 0 Å². The van der Waals surface area contributed by atoms with Gasteiger partial charge in [0.25, 0.3) is 0 Å². The zero-order valence-corrected chi connectivity index (χ0v) is 13.4. The van der Waals surface area contributed by atoms with Crippen LogP contribution in [0.3, 0.4) is 0 Å². The molecule has 0 fully saturated rings. The van der Waals surface area contributed by atoms with Crippen molar-refractivity contribution >= 4 is 11.9 Å². The molecule has 23 heavy (non-hydrogen) atoms. The van der Waals surface area contributed by atoms with Crippen molar-refractivity contribution in [2.45, 2.75) is 26.9 Å². The highest BCUT2D eigenvalue weighted by Crippen LogP contribution is 2.14. The van der Waals surface area contributed by atoms with E-state index in [0.717, 1.165) is 17.5 Å². The van der Waals surface area contributed by atoms with Crippen LogP contribution in [0.1, 0.15) is 45.2 Å². The Morgan fingerprint density at radius 1 is 0.870 bits per heavy atom. The van der Waals surface area contributed by atoms with Crippen LogP contribution < -0.4 is 0 Å². The zero-order chi connectivity index (χ0) is 16.7. The van der Waals surface area contributed by atoms with Crippen molar-refractivity contribution in [3.05, 3.63) is 70.8 Å². The molecule has 0 atom stereocenters. The van der Waals surface area contributed by atoms with Crippen molar-refractivity contribution in [3.63, 3.8) is 0 Å². The Kier molecular flexibility index (Phi) is 5.92. The van der Waals surface area contributed by atoms with Gasteiger partial charge in [0, 0.05) is 0 Å². The summed E-state index contributed by atoms with van der Waals surface area (Å²) >= 11 is 0. The van der Waals surface area contributed by atoms with E-state index in [1.165, 1.54) is 0 Å². The topological polar surface area (TPSA) is 52.6 Å². The summed E-state index contributed by atoms with van der Waals surface area (Å²) in [7, 11) is 0. The Morgan fingerprint density at radius 3 is 2.04 bits per heavy atom. The van der Waals surface area contributed by atoms with Gasteiger partial charge in [0.2, 0.25) is 0 Å². The predicted octanol–water partition coefficient (Wildman–Crippen LogP) is 3.92. The number of hydrogen-bond donors (Lipinski definition) is 0. The van der Waals surface area contributed by atoms with Crippen molar-refractivity contribution in [1.29, 1.82) is 0 Å². The highest BCUT2D eigenvalue weighted by atomic mass is 16.5. The van der Waals surface area contributed by atoms with Gasteiger partial charge < -0.3 is 9.47 Å². The van der Waals surface area contributed by atoms with Crippen molar-refractivity contribution in [3.8, 4) is 0 Å². The number of carbonyl (C=O) groups is 2. The molecule has 0 aliphatic carbocycles. The van der Waals surface area contributed by atoms with E-state index in [2.05, 4.69) is 0 Å². The van der Waals surface area contributed by atoms with Gasteiger partial charge in [0.05, 0.1) is 17.7 Å². The quantitative estimate of drug-likeness (QED) is 0.759. The van der Waals surface area contributed by atoms with Crippen molar-refractivity contribution in [2.24, 2.45) is 0 Å². The lowest BCUT2D eigenvalue weighted by Gasteiger charge is -2.10. The molecule has 0 unspecified atom stereocenters. The fraction of sp³-hybridized carbons (Fsp3) is 0.263. The summed E-state index contributed by atoms with van der Waals surface area (Å²) in [6.07, 6.45) is 0.728. The van der Waals surface area contributed by atoms with E-state index in [1.54, 1.807) is 24.3 Å². The minimum Gasteiger partial charge on any atom is -0.462 e. The second-order valence-electron chi connectivity index (χ2n) is 5.18. The SMILES string of the molecule is CCCOC(=O)c1ccccc1C(=O)OCc1ccccc1C. The van der Waals surface area contributed by atoms with Crippen LogP contribution in [0.15, 0.2) is 48.5 Å². The molecule has 0 N–H and O–H groups in total. The zero-order valence-electron chi connectivity index (χ0n) is 13.4. The van der Waals surface area contributed by atoms with E-state index in [9.17, 15) is 9.59 Å². The molecule has 2 aromatic carbocycles. The van der Waals surface area contributed by atoms with Crippen molar-refractivity contribution in [2.75, 3.05) is 6.61 Å². The average Bonchev–Trinajstić information content (AvgIpc) is 2.58. The Balaban J connectivity index is 2.10. The first-order valence-electron chi connectivity index (χ1n) is 7.61. The summed E-state index contributed by atoms with van der Waals surface area (Å²) in [5, 5.41) is 0. The number of rotatable bonds is 6. The molecule has 0 aliphatic rings. The number of esters is 2. The third kappa shape index (κ3) is 4.42. The lowest BCUT2D eigenvalue weighted by Crippen LogP contribution is -2.14. The standard InChI is InChI=1S/C19H20O4/c1-3-12-22-18(20)16-10-6-7-11-17(16)19(21)23-13-15-9-5-4-8-14(15)2/h4-11H,3,12-13H2,1-2H3. The van der Waals surface area contributed by atoms with Gasteiger partial charge in [-0.3, -0.25) is 0 Å². The molecule has 0 saturated carbocycles. The number of hydrogen-bond acceptors (Lipinski definition) is 4. The minimum atomic E-state index is -0.530. The van der Waals surface area contributed by atoms with Gasteiger partial charge in [-0.2, -0.15) is 0 Å². The van der Waals surface area contributed by atoms with Gasteiger partial charge in [0.15, 0.2) is 0 Å². The smallest absolute Gasteiger partial charge is 0.339 e. The number of ether oxygens (including phenoxy) is 2. The second-order valence-corrected chi connectivity index (χ2v) is 5.18. The molecular weight excluding hydrogens is 292 g/mol. The van der Waals surface area contributed by atoms with Crippen LogP contribution in [0.5, 0.6) is 0 Å². The second kappa shape index (κ2) is 8.13. The van der Waals surface area contributed by atoms with E-state index >= 15 is 0 Å². The third-order valence-corrected chi connectivity index (χ3v) is 3.42. The van der Waals surface area contributed by atoms with Crippen LogP contribution >= 0.6 is 0 Å². The summed E-state index contributed by atoms with van der Waals surface area (Å²) < 4.78 is 10.4. The molecule has 2 aromatic rings. The molecule has 0 saturated heterocycles. The molecule has 4 nitrogen and oxygen atoms in total. The highest BCUT2D eigenvalue weighted by molar-refractivity contribution is 6.03. The maximum absolute atomic E-state index is 12.3. The molecule has 0 amide bonds. The molecule has 0 spiro atoms. The fourth-order valence-electron chi connectivity index (χ4n) is 2.10. The number of carbonyl (C=O) groups excluding carboxylic acids is 2. The lowest BCUT2D eigenvalue weighted by molar-refractivity contribution is 0.0438. The largest absolute Gasteiger partial charge is 0.462 e. The lowest BCUT2D eigenvalue weighted by atomic mass is 10.1. The normalized spacial score (nSPS) is 10.2. The van der Waals surface area contributed by atoms with E-state index < -0.39 is 11.9 Å². The minimum absolute atomic E-state index is 0.170. The van der Waals surface area contributed by atoms with Gasteiger partial charge in [-0.1, -0.05) is 43.3 Å². The summed E-state index contributed by atoms with van der Waals surface area (Å²) in [5.41, 5.74) is 2.45. The molecule has 0 heterocycles. The monoisotopic (exact) mass is 312 g/mol. The number of aryl methyl sites for hydroxylation is 1. The Labute approximate surface area is 136 Å². The highest BCUT2D eigenvalue weighted by Gasteiger charge is 2.19. The van der Waals surface area contributed by atoms with Gasteiger partial charge >= 0.3 is 11.9 Å². The first kappa shape index (κ1) is 16.7. The Hall–Kier alpha value is -2.62. The molecule has 0 radical (unpaired) electrons. The summed E-state index contributed by atoms with van der Waals surface area (Å²) in [4.78, 5) is 24.3. The third-order valence-electron chi connectivity index (χ3n) is 3.42. The Bertz CT molecular complexity index is 691. The van der Waals surface area contributed by atoms with Crippen molar-refractivity contribution in [1.82, 2.24) is 0 Å². The maximum atomic E-state index is 12.3. The molecule has 0 aromatic heterocycles. The molecular formula is C19H20O4. The number of benzene rings is 2. The van der Waals surface area contributed by atoms with E-state index in [0.29, 0.717) is 6.61 Å². The molecule has 120 valence electrons. The maximum Gasteiger partial charge on any atom is 0.339 e. The first-order chi connectivity index (χ1) is 11.1. The van der Waals surface area contributed by atoms with Crippen LogP contribution in [0, 0.1) is 6.92 Å². The molecule has 4 heteroatoms. The summed E-state index contributed by atoms with van der Waals surface area (Å²) in [6, 6.07) is 14.2. The van der Waals surface area contributed by atoms with E-state index in [1.807, 2.05) is 38.1 Å². The summed E-state index contributed by atoms with van der Waals surface area (Å²) in [5.74, 6) is -1.03. The predicted molar refractivity (Wildman–Crippen MR) is 87.3 cm³/mol. The molecule has 2 rings (SSSR count). The van der Waals surface area contributed by atoms with Crippen molar-refractivity contribution < 1.29 is 19.1 Å². The van der Waals surface area contributed by atoms with Crippen LogP contribution in [-0.2, 0) is 16.1 Å². The van der Waals surface area contributed by atoms with E-state index in [4.69, 9.17) is 9.47 Å². The van der Waals surface area contributed by atoms with E-state index in [-0.39, 0.29) is 17.7 Å². The van der Waals surface area contributed by atoms with Gasteiger partial charge in [-0.25, -0.2) is 9.59 Å². The van der Waals surface area contributed by atoms with Gasteiger partial charge in [-0.05, 0) is 36.6 Å². The Morgan fingerprint density at radius 2 is 1.43 bits per heavy atom. The summed E-state index contributed by atoms with van der Waals surface area (Å²) in [6.45, 7) is 4.37. The molecule has 0 aliphatic heterocycles. The average molecular weight is 312 g/mol. The van der Waals surface area contributed by atoms with Gasteiger partial charge in [0.1, 0.15) is 6.61 Å².